The Morgan fingerprint density at radius 1 is 0.867 bits per heavy atom. The van der Waals surface area contributed by atoms with E-state index in [1.165, 1.54) is 12.1 Å². The lowest BCUT2D eigenvalue weighted by atomic mass is 9.90. The smallest absolute Gasteiger partial charge is 0.259 e. The molecule has 0 unspecified atom stereocenters. The maximum atomic E-state index is 13.0. The van der Waals surface area contributed by atoms with E-state index in [9.17, 15) is 14.0 Å². The molecule has 30 heavy (non-hydrogen) atoms. The third-order valence-corrected chi connectivity index (χ3v) is 4.56. The van der Waals surface area contributed by atoms with Gasteiger partial charge in [0.05, 0.1) is 18.2 Å². The maximum absolute atomic E-state index is 13.0. The molecule has 3 aromatic rings. The van der Waals surface area contributed by atoms with E-state index in [2.05, 4.69) is 15.8 Å². The number of hydrogen-bond acceptors (Lipinski definition) is 3. The van der Waals surface area contributed by atoms with Gasteiger partial charge in [0.15, 0.2) is 0 Å². The van der Waals surface area contributed by atoms with Crippen molar-refractivity contribution in [3.05, 3.63) is 107 Å². The molecule has 0 spiro atoms. The fraction of sp³-hybridized carbons (Fsp3) is 0.125. The van der Waals surface area contributed by atoms with E-state index < -0.39 is 11.8 Å². The van der Waals surface area contributed by atoms with E-state index in [0.717, 1.165) is 11.1 Å². The molecule has 0 aliphatic heterocycles. The molecule has 5 nitrogen and oxygen atoms in total. The zero-order valence-electron chi connectivity index (χ0n) is 16.5. The molecule has 2 amide bonds. The number of nitrogens with one attached hydrogen (secondary N) is 2. The highest BCUT2D eigenvalue weighted by Crippen LogP contribution is 2.24. The summed E-state index contributed by atoms with van der Waals surface area (Å²) in [5.74, 6) is -1.60. The third-order valence-electron chi connectivity index (χ3n) is 4.56. The van der Waals surface area contributed by atoms with Crippen LogP contribution in [0.5, 0.6) is 0 Å². The summed E-state index contributed by atoms with van der Waals surface area (Å²) in [6.45, 7) is 1.49. The molecular weight excluding hydrogens is 381 g/mol. The minimum atomic E-state index is -0.523. The highest BCUT2D eigenvalue weighted by Gasteiger charge is 2.22. The van der Waals surface area contributed by atoms with Gasteiger partial charge in [-0.15, -0.1) is 0 Å². The number of benzene rings is 3. The number of carbonyl (C=O) groups excluding carboxylic acids is 2. The minimum absolute atomic E-state index is 0.213. The van der Waals surface area contributed by atoms with Gasteiger partial charge in [-0.2, -0.15) is 5.10 Å². The van der Waals surface area contributed by atoms with Crippen molar-refractivity contribution < 1.29 is 14.0 Å². The van der Waals surface area contributed by atoms with Crippen molar-refractivity contribution in [2.45, 2.75) is 12.8 Å². The molecule has 152 valence electrons. The Morgan fingerprint density at radius 2 is 1.40 bits per heavy atom. The molecule has 0 heterocycles. The largest absolute Gasteiger partial charge is 0.346 e. The number of halogens is 1. The first kappa shape index (κ1) is 20.9. The van der Waals surface area contributed by atoms with Crippen LogP contribution in [-0.2, 0) is 9.59 Å². The monoisotopic (exact) mass is 403 g/mol. The van der Waals surface area contributed by atoms with Crippen molar-refractivity contribution in [2.24, 2.45) is 5.10 Å². The predicted octanol–water partition coefficient (Wildman–Crippen LogP) is 3.61. The van der Waals surface area contributed by atoms with Crippen LogP contribution in [0.15, 0.2) is 90.0 Å². The second-order valence-corrected chi connectivity index (χ2v) is 6.71. The maximum Gasteiger partial charge on any atom is 0.259 e. The average Bonchev–Trinajstić information content (AvgIpc) is 2.78. The summed E-state index contributed by atoms with van der Waals surface area (Å²) in [4.78, 5) is 25.0. The molecule has 0 bridgehead atoms. The van der Waals surface area contributed by atoms with Crippen molar-refractivity contribution in [3.63, 3.8) is 0 Å². The van der Waals surface area contributed by atoms with Crippen LogP contribution in [0.3, 0.4) is 0 Å². The Morgan fingerprint density at radius 3 is 1.93 bits per heavy atom. The molecule has 0 fully saturated rings. The SMILES string of the molecule is C/C(=N/NC(=O)CNC(=O)C(c1ccccc1)c1ccccc1)c1ccc(F)cc1. The normalized spacial score (nSPS) is 11.2. The third kappa shape index (κ3) is 5.61. The molecule has 0 saturated carbocycles. The molecule has 0 aliphatic carbocycles. The van der Waals surface area contributed by atoms with Crippen LogP contribution in [0, 0.1) is 5.82 Å². The van der Waals surface area contributed by atoms with E-state index in [-0.39, 0.29) is 18.3 Å². The Kier molecular flexibility index (Phi) is 7.05. The van der Waals surface area contributed by atoms with Gasteiger partial charge >= 0.3 is 0 Å². The van der Waals surface area contributed by atoms with E-state index in [4.69, 9.17) is 0 Å². The van der Waals surface area contributed by atoms with Crippen molar-refractivity contribution >= 4 is 17.5 Å². The summed E-state index contributed by atoms with van der Waals surface area (Å²) >= 11 is 0. The second kappa shape index (κ2) is 10.1. The molecule has 3 rings (SSSR count). The summed E-state index contributed by atoms with van der Waals surface area (Å²) in [5, 5.41) is 6.69. The number of carbonyl (C=O) groups is 2. The number of rotatable bonds is 7. The van der Waals surface area contributed by atoms with Gasteiger partial charge in [-0.25, -0.2) is 9.82 Å². The summed E-state index contributed by atoms with van der Waals surface area (Å²) in [6, 6.07) is 24.6. The number of amides is 2. The lowest BCUT2D eigenvalue weighted by Crippen LogP contribution is -2.38. The standard InChI is InChI=1S/C24H22FN3O2/c1-17(18-12-14-21(25)15-13-18)27-28-22(29)16-26-24(30)23(19-8-4-2-5-9-19)20-10-6-3-7-11-20/h2-15,23H,16H2,1H3,(H,26,30)(H,28,29)/b27-17-. The van der Waals surface area contributed by atoms with E-state index in [1.54, 1.807) is 19.1 Å². The number of hydrazone groups is 1. The van der Waals surface area contributed by atoms with Crippen LogP contribution in [0.1, 0.15) is 29.5 Å². The van der Waals surface area contributed by atoms with Crippen LogP contribution in [0.2, 0.25) is 0 Å². The fourth-order valence-corrected chi connectivity index (χ4v) is 3.00. The molecule has 6 heteroatoms. The van der Waals surface area contributed by atoms with Crippen LogP contribution < -0.4 is 10.7 Å². The van der Waals surface area contributed by atoms with Gasteiger partial charge in [0.2, 0.25) is 5.91 Å². The first-order valence-electron chi connectivity index (χ1n) is 9.51. The van der Waals surface area contributed by atoms with Gasteiger partial charge < -0.3 is 5.32 Å². The highest BCUT2D eigenvalue weighted by atomic mass is 19.1. The topological polar surface area (TPSA) is 70.6 Å². The van der Waals surface area contributed by atoms with Gasteiger partial charge in [-0.1, -0.05) is 72.8 Å². The lowest BCUT2D eigenvalue weighted by Gasteiger charge is -2.17. The Balaban J connectivity index is 1.63. The highest BCUT2D eigenvalue weighted by molar-refractivity contribution is 5.99. The first-order valence-corrected chi connectivity index (χ1v) is 9.51. The summed E-state index contributed by atoms with van der Waals surface area (Å²) in [5.41, 5.74) is 5.31. The van der Waals surface area contributed by atoms with Gasteiger partial charge in [-0.05, 0) is 35.7 Å². The summed E-state index contributed by atoms with van der Waals surface area (Å²) in [7, 11) is 0. The average molecular weight is 403 g/mol. The van der Waals surface area contributed by atoms with Crippen LogP contribution in [0.4, 0.5) is 4.39 Å². The zero-order valence-corrected chi connectivity index (χ0v) is 16.5. The lowest BCUT2D eigenvalue weighted by molar-refractivity contribution is -0.126. The summed E-state index contributed by atoms with van der Waals surface area (Å²) < 4.78 is 13.0. The molecule has 3 aromatic carbocycles. The fourth-order valence-electron chi connectivity index (χ4n) is 3.00. The van der Waals surface area contributed by atoms with Gasteiger partial charge in [0, 0.05) is 0 Å². The summed E-state index contributed by atoms with van der Waals surface area (Å²) in [6.07, 6.45) is 0. The Bertz CT molecular complexity index is 980. The van der Waals surface area contributed by atoms with Gasteiger partial charge in [0.25, 0.3) is 5.91 Å². The molecule has 0 atom stereocenters. The number of hydrogen-bond donors (Lipinski definition) is 2. The number of nitrogens with zero attached hydrogens (tertiary/aromatic N) is 1. The van der Waals surface area contributed by atoms with Crippen molar-refractivity contribution in [1.82, 2.24) is 10.7 Å². The first-order chi connectivity index (χ1) is 14.5. The Labute approximate surface area is 174 Å². The predicted molar refractivity (Wildman–Crippen MR) is 114 cm³/mol. The second-order valence-electron chi connectivity index (χ2n) is 6.71. The molecule has 2 N–H and O–H groups in total. The van der Waals surface area contributed by atoms with Gasteiger partial charge in [-0.3, -0.25) is 9.59 Å². The quantitative estimate of drug-likeness (QED) is 0.467. The molecule has 0 aromatic heterocycles. The van der Waals surface area contributed by atoms with E-state index in [1.807, 2.05) is 60.7 Å². The van der Waals surface area contributed by atoms with Crippen molar-refractivity contribution in [3.8, 4) is 0 Å². The zero-order chi connectivity index (χ0) is 21.3. The molecule has 0 saturated heterocycles. The van der Waals surface area contributed by atoms with E-state index in [0.29, 0.717) is 11.3 Å². The van der Waals surface area contributed by atoms with Crippen molar-refractivity contribution in [1.29, 1.82) is 0 Å². The minimum Gasteiger partial charge on any atom is -0.346 e. The molecular formula is C24H22FN3O2. The van der Waals surface area contributed by atoms with Crippen LogP contribution >= 0.6 is 0 Å². The van der Waals surface area contributed by atoms with Gasteiger partial charge in [0.1, 0.15) is 5.82 Å². The van der Waals surface area contributed by atoms with Crippen molar-refractivity contribution in [2.75, 3.05) is 6.54 Å². The van der Waals surface area contributed by atoms with E-state index >= 15 is 0 Å². The van der Waals surface area contributed by atoms with Crippen LogP contribution in [0.25, 0.3) is 0 Å². The molecule has 0 radical (unpaired) electrons. The molecule has 0 aliphatic rings. The Hall–Kier alpha value is -3.80. The van der Waals surface area contributed by atoms with Crippen LogP contribution in [-0.4, -0.2) is 24.1 Å².